The highest BCUT2D eigenvalue weighted by Crippen LogP contribution is 2.36. The van der Waals surface area contributed by atoms with E-state index in [2.05, 4.69) is 5.32 Å². The molecule has 1 amide bonds. The lowest BCUT2D eigenvalue weighted by molar-refractivity contribution is 0.0946. The number of halogens is 2. The molecule has 0 aliphatic heterocycles. The van der Waals surface area contributed by atoms with Crippen LogP contribution in [0, 0.1) is 0 Å². The molecule has 0 atom stereocenters. The fourth-order valence-electron chi connectivity index (χ4n) is 2.10. The molecule has 0 fully saturated rings. The summed E-state index contributed by atoms with van der Waals surface area (Å²) in [6.07, 6.45) is 0. The number of amides is 1. The largest absolute Gasteiger partial charge is 0.493 e. The maximum Gasteiger partial charge on any atom is 0.251 e. The minimum atomic E-state index is -0.275. The molecule has 5 nitrogen and oxygen atoms in total. The van der Waals surface area contributed by atoms with Gasteiger partial charge in [-0.1, -0.05) is 23.2 Å². The number of carbonyl (C=O) groups is 1. The van der Waals surface area contributed by atoms with E-state index in [1.807, 2.05) is 6.92 Å². The molecule has 2 aromatic carbocycles. The van der Waals surface area contributed by atoms with E-state index in [9.17, 15) is 4.79 Å². The zero-order chi connectivity index (χ0) is 18.2. The third kappa shape index (κ3) is 5.44. The van der Waals surface area contributed by atoms with Gasteiger partial charge in [0.2, 0.25) is 0 Å². The third-order valence-electron chi connectivity index (χ3n) is 3.25. The summed E-state index contributed by atoms with van der Waals surface area (Å²) in [6.45, 7) is 2.96. The lowest BCUT2D eigenvalue weighted by atomic mass is 10.2. The van der Waals surface area contributed by atoms with Gasteiger partial charge in [-0.3, -0.25) is 4.79 Å². The summed E-state index contributed by atoms with van der Waals surface area (Å²) >= 11 is 12.0. The summed E-state index contributed by atoms with van der Waals surface area (Å²) in [5.41, 5.74) is 0.386. The summed E-state index contributed by atoms with van der Waals surface area (Å²) in [7, 11) is 1.50. The standard InChI is InChI=1S/C18H19Cl2NO4/c1-3-24-17-15(20)10-12(11-16(17)23-2)18(22)21-8-9-25-14-6-4-13(19)5-7-14/h4-7,10-11H,3,8-9H2,1-2H3,(H,21,22). The normalized spacial score (nSPS) is 10.2. The Hall–Kier alpha value is -2.11. The first-order valence-electron chi connectivity index (χ1n) is 7.72. The van der Waals surface area contributed by atoms with Crippen molar-refractivity contribution in [2.75, 3.05) is 26.9 Å². The fourth-order valence-corrected chi connectivity index (χ4v) is 2.49. The van der Waals surface area contributed by atoms with Crippen LogP contribution < -0.4 is 19.5 Å². The van der Waals surface area contributed by atoms with Crippen LogP contribution in [0.3, 0.4) is 0 Å². The van der Waals surface area contributed by atoms with E-state index in [1.54, 1.807) is 36.4 Å². The number of hydrogen-bond donors (Lipinski definition) is 1. The second kappa shape index (κ2) is 9.39. The molecule has 7 heteroatoms. The summed E-state index contributed by atoms with van der Waals surface area (Å²) in [4.78, 5) is 12.3. The van der Waals surface area contributed by atoms with Gasteiger partial charge in [-0.15, -0.1) is 0 Å². The van der Waals surface area contributed by atoms with Gasteiger partial charge in [0.05, 0.1) is 25.3 Å². The quantitative estimate of drug-likeness (QED) is 0.693. The molecule has 0 radical (unpaired) electrons. The molecule has 0 spiro atoms. The van der Waals surface area contributed by atoms with E-state index in [4.69, 9.17) is 37.4 Å². The van der Waals surface area contributed by atoms with Gasteiger partial charge in [0.1, 0.15) is 12.4 Å². The Labute approximate surface area is 156 Å². The molecule has 0 heterocycles. The molecule has 1 N–H and O–H groups in total. The Morgan fingerprint density at radius 2 is 1.84 bits per heavy atom. The predicted octanol–water partition coefficient (Wildman–Crippen LogP) is 4.21. The Balaban J connectivity index is 1.92. The van der Waals surface area contributed by atoms with Crippen molar-refractivity contribution in [3.63, 3.8) is 0 Å². The fraction of sp³-hybridized carbons (Fsp3) is 0.278. The van der Waals surface area contributed by atoms with E-state index in [0.717, 1.165) is 0 Å². The highest BCUT2D eigenvalue weighted by Gasteiger charge is 2.15. The van der Waals surface area contributed by atoms with Crippen LogP contribution >= 0.6 is 23.2 Å². The van der Waals surface area contributed by atoms with Gasteiger partial charge < -0.3 is 19.5 Å². The first-order chi connectivity index (χ1) is 12.0. The average Bonchev–Trinajstić information content (AvgIpc) is 2.61. The molecule has 0 aliphatic rings. The van der Waals surface area contributed by atoms with Crippen molar-refractivity contribution in [1.29, 1.82) is 0 Å². The molecule has 0 saturated carbocycles. The van der Waals surface area contributed by atoms with Gasteiger partial charge in [0.25, 0.3) is 5.91 Å². The SMILES string of the molecule is CCOc1c(Cl)cc(C(=O)NCCOc2ccc(Cl)cc2)cc1OC. The van der Waals surface area contributed by atoms with Crippen molar-refractivity contribution < 1.29 is 19.0 Å². The average molecular weight is 384 g/mol. The Morgan fingerprint density at radius 1 is 1.12 bits per heavy atom. The van der Waals surface area contributed by atoms with Crippen molar-refractivity contribution in [2.24, 2.45) is 0 Å². The van der Waals surface area contributed by atoms with E-state index in [-0.39, 0.29) is 5.91 Å². The molecular weight excluding hydrogens is 365 g/mol. The zero-order valence-corrected chi connectivity index (χ0v) is 15.5. The lowest BCUT2D eigenvalue weighted by Gasteiger charge is -2.13. The summed E-state index contributed by atoms with van der Waals surface area (Å²) in [5, 5.41) is 3.73. The number of benzene rings is 2. The van der Waals surface area contributed by atoms with Crippen LogP contribution in [-0.2, 0) is 0 Å². The first-order valence-corrected chi connectivity index (χ1v) is 8.47. The number of carbonyl (C=O) groups excluding carboxylic acids is 1. The molecular formula is C18H19Cl2NO4. The smallest absolute Gasteiger partial charge is 0.251 e. The Kier molecular flexibility index (Phi) is 7.22. The molecule has 0 unspecified atom stereocenters. The van der Waals surface area contributed by atoms with Gasteiger partial charge in [-0.25, -0.2) is 0 Å². The second-order valence-corrected chi connectivity index (χ2v) is 5.82. The minimum Gasteiger partial charge on any atom is -0.493 e. The molecule has 134 valence electrons. The third-order valence-corrected chi connectivity index (χ3v) is 3.78. The number of rotatable bonds is 8. The molecule has 0 aliphatic carbocycles. The monoisotopic (exact) mass is 383 g/mol. The van der Waals surface area contributed by atoms with Gasteiger partial charge in [-0.2, -0.15) is 0 Å². The molecule has 0 bridgehead atoms. The van der Waals surface area contributed by atoms with Crippen molar-refractivity contribution in [1.82, 2.24) is 5.32 Å². The van der Waals surface area contributed by atoms with Gasteiger partial charge in [0, 0.05) is 10.6 Å². The minimum absolute atomic E-state index is 0.275. The van der Waals surface area contributed by atoms with Crippen molar-refractivity contribution in [3.05, 3.63) is 52.0 Å². The number of ether oxygens (including phenoxy) is 3. The molecule has 2 rings (SSSR count). The van der Waals surface area contributed by atoms with E-state index in [0.29, 0.717) is 52.6 Å². The number of hydrogen-bond acceptors (Lipinski definition) is 4. The maximum absolute atomic E-state index is 12.3. The van der Waals surface area contributed by atoms with Gasteiger partial charge in [-0.05, 0) is 43.3 Å². The van der Waals surface area contributed by atoms with Gasteiger partial charge >= 0.3 is 0 Å². The molecule has 0 saturated heterocycles. The highest BCUT2D eigenvalue weighted by molar-refractivity contribution is 6.32. The number of methoxy groups -OCH3 is 1. The summed E-state index contributed by atoms with van der Waals surface area (Å²) in [5.74, 6) is 1.25. The number of nitrogens with one attached hydrogen (secondary N) is 1. The molecule has 25 heavy (non-hydrogen) atoms. The van der Waals surface area contributed by atoms with Crippen LogP contribution in [0.2, 0.25) is 10.0 Å². The van der Waals surface area contributed by atoms with E-state index in [1.165, 1.54) is 7.11 Å². The van der Waals surface area contributed by atoms with Crippen LogP contribution in [0.25, 0.3) is 0 Å². The predicted molar refractivity (Wildman–Crippen MR) is 98.5 cm³/mol. The first kappa shape index (κ1) is 19.2. The van der Waals surface area contributed by atoms with Crippen LogP contribution in [0.15, 0.2) is 36.4 Å². The van der Waals surface area contributed by atoms with Crippen LogP contribution in [0.1, 0.15) is 17.3 Å². The van der Waals surface area contributed by atoms with Crippen molar-refractivity contribution in [2.45, 2.75) is 6.92 Å². The zero-order valence-electron chi connectivity index (χ0n) is 14.0. The second-order valence-electron chi connectivity index (χ2n) is 4.98. The van der Waals surface area contributed by atoms with Crippen LogP contribution in [-0.4, -0.2) is 32.8 Å². The van der Waals surface area contributed by atoms with Crippen LogP contribution in [0.5, 0.6) is 17.2 Å². The topological polar surface area (TPSA) is 56.8 Å². The lowest BCUT2D eigenvalue weighted by Crippen LogP contribution is -2.28. The van der Waals surface area contributed by atoms with Gasteiger partial charge in [0.15, 0.2) is 11.5 Å². The molecule has 2 aromatic rings. The maximum atomic E-state index is 12.3. The molecule has 0 aromatic heterocycles. The van der Waals surface area contributed by atoms with E-state index < -0.39 is 0 Å². The highest BCUT2D eigenvalue weighted by atomic mass is 35.5. The van der Waals surface area contributed by atoms with Crippen molar-refractivity contribution in [3.8, 4) is 17.2 Å². The van der Waals surface area contributed by atoms with Crippen molar-refractivity contribution >= 4 is 29.1 Å². The summed E-state index contributed by atoms with van der Waals surface area (Å²) < 4.78 is 16.2. The van der Waals surface area contributed by atoms with E-state index >= 15 is 0 Å². The summed E-state index contributed by atoms with van der Waals surface area (Å²) in [6, 6.07) is 10.1. The Bertz CT molecular complexity index is 720. The van der Waals surface area contributed by atoms with Crippen LogP contribution in [0.4, 0.5) is 0 Å². The Morgan fingerprint density at radius 3 is 2.48 bits per heavy atom.